The number of aromatic nitrogens is 2. The monoisotopic (exact) mass is 543 g/mol. The minimum absolute atomic E-state index is 0.00790. The predicted octanol–water partition coefficient (Wildman–Crippen LogP) is 4.74. The Morgan fingerprint density at radius 3 is 2.51 bits per heavy atom. The standard InChI is InChI=1S/C28H36F3N7O/c1-18(2)36-12-19(3)10-24(28(29,30)31)8-6-21(5)27(39)37-25-9-7-20(4)22(11-25)15-38(33)16-26(32)23-13-34-17-35-14-23/h7-11,13-14,16-18,36H,5-6,12,15,32-33H2,1-4H3,(H,37,39)/b19-10+,24-8?,26-16-. The number of nitrogens with one attached hydrogen (secondary N) is 2. The third-order valence-corrected chi connectivity index (χ3v) is 5.57. The summed E-state index contributed by atoms with van der Waals surface area (Å²) in [5.74, 6) is 5.53. The Labute approximate surface area is 227 Å². The van der Waals surface area contributed by atoms with Crippen LogP contribution in [0.25, 0.3) is 5.70 Å². The average molecular weight is 544 g/mol. The third-order valence-electron chi connectivity index (χ3n) is 5.57. The summed E-state index contributed by atoms with van der Waals surface area (Å²) in [7, 11) is 0. The number of amides is 1. The molecule has 0 atom stereocenters. The van der Waals surface area contributed by atoms with Crippen molar-refractivity contribution in [3.8, 4) is 0 Å². The van der Waals surface area contributed by atoms with Crippen LogP contribution in [0.2, 0.25) is 0 Å². The summed E-state index contributed by atoms with van der Waals surface area (Å²) in [6, 6.07) is 5.38. The lowest BCUT2D eigenvalue weighted by atomic mass is 10.1. The van der Waals surface area contributed by atoms with Crippen molar-refractivity contribution >= 4 is 17.3 Å². The number of benzene rings is 1. The van der Waals surface area contributed by atoms with E-state index in [1.54, 1.807) is 43.7 Å². The summed E-state index contributed by atoms with van der Waals surface area (Å²) in [6.45, 7) is 11.6. The van der Waals surface area contributed by atoms with E-state index in [4.69, 9.17) is 11.6 Å². The third kappa shape index (κ3) is 10.7. The van der Waals surface area contributed by atoms with E-state index >= 15 is 0 Å². The topological polar surface area (TPSA) is 122 Å². The van der Waals surface area contributed by atoms with Crippen molar-refractivity contribution in [1.29, 1.82) is 0 Å². The van der Waals surface area contributed by atoms with Crippen LogP contribution in [0.4, 0.5) is 18.9 Å². The Hall–Kier alpha value is -3.96. The normalized spacial score (nSPS) is 13.0. The minimum atomic E-state index is -4.55. The second-order valence-electron chi connectivity index (χ2n) is 9.47. The zero-order chi connectivity index (χ0) is 29.2. The van der Waals surface area contributed by atoms with Gasteiger partial charge in [0.1, 0.15) is 6.33 Å². The molecule has 0 fully saturated rings. The number of rotatable bonds is 12. The fourth-order valence-electron chi connectivity index (χ4n) is 3.35. The molecule has 1 amide bonds. The zero-order valence-corrected chi connectivity index (χ0v) is 22.6. The number of halogens is 3. The smallest absolute Gasteiger partial charge is 0.397 e. The van der Waals surface area contributed by atoms with E-state index in [9.17, 15) is 18.0 Å². The van der Waals surface area contributed by atoms with Crippen LogP contribution < -0.4 is 22.2 Å². The van der Waals surface area contributed by atoms with Crippen molar-refractivity contribution in [2.45, 2.75) is 52.9 Å². The molecular weight excluding hydrogens is 507 g/mol. The summed E-state index contributed by atoms with van der Waals surface area (Å²) in [4.78, 5) is 20.5. The first kappa shape index (κ1) is 31.3. The molecule has 2 rings (SSSR count). The molecule has 1 aromatic heterocycles. The van der Waals surface area contributed by atoms with Gasteiger partial charge in [0.05, 0.1) is 17.8 Å². The number of hydrogen-bond donors (Lipinski definition) is 4. The molecule has 8 nitrogen and oxygen atoms in total. The van der Waals surface area contributed by atoms with E-state index in [0.29, 0.717) is 29.1 Å². The Kier molecular flexibility index (Phi) is 11.4. The first-order valence-corrected chi connectivity index (χ1v) is 12.3. The lowest BCUT2D eigenvalue weighted by Gasteiger charge is -2.18. The number of anilines is 1. The van der Waals surface area contributed by atoms with Crippen molar-refractivity contribution in [3.05, 3.63) is 95.3 Å². The predicted molar refractivity (Wildman–Crippen MR) is 149 cm³/mol. The molecule has 210 valence electrons. The van der Waals surface area contributed by atoms with Crippen LogP contribution in [0.5, 0.6) is 0 Å². The lowest BCUT2D eigenvalue weighted by molar-refractivity contribution is -0.113. The highest BCUT2D eigenvalue weighted by Gasteiger charge is 2.32. The summed E-state index contributed by atoms with van der Waals surface area (Å²) < 4.78 is 40.6. The highest BCUT2D eigenvalue weighted by molar-refractivity contribution is 6.03. The molecule has 0 saturated heterocycles. The van der Waals surface area contributed by atoms with Gasteiger partial charge in [0.25, 0.3) is 5.91 Å². The molecule has 39 heavy (non-hydrogen) atoms. The van der Waals surface area contributed by atoms with Crippen LogP contribution in [0, 0.1) is 6.92 Å². The van der Waals surface area contributed by atoms with Crippen LogP contribution in [0.15, 0.2) is 78.6 Å². The number of allylic oxidation sites excluding steroid dienone is 3. The van der Waals surface area contributed by atoms with Crippen LogP contribution in [0.3, 0.4) is 0 Å². The highest BCUT2D eigenvalue weighted by atomic mass is 19.4. The molecule has 0 unspecified atom stereocenters. The molecule has 1 aromatic carbocycles. The van der Waals surface area contributed by atoms with Crippen LogP contribution >= 0.6 is 0 Å². The lowest BCUT2D eigenvalue weighted by Crippen LogP contribution is -2.26. The van der Waals surface area contributed by atoms with Gasteiger partial charge in [0, 0.05) is 48.0 Å². The second kappa shape index (κ2) is 14.3. The second-order valence-corrected chi connectivity index (χ2v) is 9.47. The molecule has 6 N–H and O–H groups in total. The summed E-state index contributed by atoms with van der Waals surface area (Å²) in [5.41, 5.74) is 8.93. The molecule has 0 saturated carbocycles. The Balaban J connectivity index is 2.08. The SMILES string of the molecule is C=C(CC=C(/C=C(\C)CNC(C)C)C(F)(F)F)C(=O)Nc1ccc(C)c(CN(N)/C=C(\N)c2cncnc2)c1. The molecule has 0 radical (unpaired) electrons. The van der Waals surface area contributed by atoms with Gasteiger partial charge >= 0.3 is 6.18 Å². The highest BCUT2D eigenvalue weighted by Crippen LogP contribution is 2.28. The Bertz CT molecular complexity index is 1240. The minimum Gasteiger partial charge on any atom is -0.397 e. The molecule has 0 aliphatic rings. The number of nitrogens with zero attached hydrogens (tertiary/aromatic N) is 3. The Morgan fingerprint density at radius 2 is 1.90 bits per heavy atom. The first-order chi connectivity index (χ1) is 18.3. The van der Waals surface area contributed by atoms with Crippen LogP contribution in [-0.2, 0) is 11.3 Å². The molecule has 0 aliphatic carbocycles. The van der Waals surface area contributed by atoms with Gasteiger partial charge in [-0.1, -0.05) is 44.2 Å². The van der Waals surface area contributed by atoms with Crippen molar-refractivity contribution in [3.63, 3.8) is 0 Å². The number of alkyl halides is 3. The first-order valence-electron chi connectivity index (χ1n) is 12.3. The van der Waals surface area contributed by atoms with Gasteiger partial charge in [-0.2, -0.15) is 13.2 Å². The number of carbonyl (C=O) groups is 1. The molecule has 0 aliphatic heterocycles. The van der Waals surface area contributed by atoms with E-state index in [2.05, 4.69) is 27.2 Å². The number of hydrazine groups is 1. The fourth-order valence-corrected chi connectivity index (χ4v) is 3.35. The quantitative estimate of drug-likeness (QED) is 0.132. The van der Waals surface area contributed by atoms with Crippen molar-refractivity contribution in [2.75, 3.05) is 11.9 Å². The molecule has 0 spiro atoms. The zero-order valence-electron chi connectivity index (χ0n) is 22.6. The maximum absolute atomic E-state index is 13.5. The van der Waals surface area contributed by atoms with E-state index < -0.39 is 17.7 Å². The number of carbonyl (C=O) groups excluding carboxylic acids is 1. The summed E-state index contributed by atoms with van der Waals surface area (Å²) >= 11 is 0. The van der Waals surface area contributed by atoms with Crippen LogP contribution in [-0.4, -0.2) is 39.6 Å². The van der Waals surface area contributed by atoms with Gasteiger partial charge in [-0.15, -0.1) is 0 Å². The van der Waals surface area contributed by atoms with Gasteiger partial charge in [-0.3, -0.25) is 4.79 Å². The van der Waals surface area contributed by atoms with Crippen LogP contribution in [0.1, 0.15) is 43.9 Å². The molecule has 11 heteroatoms. The largest absolute Gasteiger partial charge is 0.416 e. The maximum atomic E-state index is 13.5. The summed E-state index contributed by atoms with van der Waals surface area (Å²) in [6.07, 6.45) is 3.31. The van der Waals surface area contributed by atoms with Gasteiger partial charge in [-0.25, -0.2) is 15.8 Å². The molecular formula is C28H36F3N7O. The van der Waals surface area contributed by atoms with E-state index in [1.165, 1.54) is 11.3 Å². The average Bonchev–Trinajstić information content (AvgIpc) is 2.86. The van der Waals surface area contributed by atoms with Crippen molar-refractivity contribution in [2.24, 2.45) is 11.6 Å². The van der Waals surface area contributed by atoms with Crippen molar-refractivity contribution < 1.29 is 18.0 Å². The molecule has 0 bridgehead atoms. The van der Waals surface area contributed by atoms with E-state index in [0.717, 1.165) is 23.3 Å². The van der Waals surface area contributed by atoms with Gasteiger partial charge in [-0.05, 0) is 43.5 Å². The van der Waals surface area contributed by atoms with Crippen molar-refractivity contribution in [1.82, 2.24) is 20.3 Å². The van der Waals surface area contributed by atoms with E-state index in [1.807, 2.05) is 20.8 Å². The molecule has 2 aromatic rings. The maximum Gasteiger partial charge on any atom is 0.416 e. The number of nitrogens with two attached hydrogens (primary N) is 2. The fraction of sp³-hybridized carbons (Fsp3) is 0.321. The summed E-state index contributed by atoms with van der Waals surface area (Å²) in [5, 5.41) is 7.17. The number of hydrogen-bond acceptors (Lipinski definition) is 7. The van der Waals surface area contributed by atoms with E-state index in [-0.39, 0.29) is 24.6 Å². The Morgan fingerprint density at radius 1 is 1.23 bits per heavy atom. The van der Waals surface area contributed by atoms with Gasteiger partial charge in [0.15, 0.2) is 0 Å². The molecule has 1 heterocycles. The number of aryl methyl sites for hydroxylation is 1. The van der Waals surface area contributed by atoms with Gasteiger partial charge in [0.2, 0.25) is 0 Å². The van der Waals surface area contributed by atoms with Gasteiger partial charge < -0.3 is 21.4 Å².